The molecule has 1 amide bonds. The van der Waals surface area contributed by atoms with Crippen LogP contribution in [0.15, 0.2) is 24.3 Å². The standard InChI is InChI=1S/C49H89NO18/c1-3-5-7-9-11-12-13-14-15-16-17-18-19-21-23-25-27-37(55)50-32(33(54)26-24-22-20-10-8-6-4-2)31-63-47-43(61)40(58)45(35(29-52)65-47)68-49-44(62)41(59)46(36(30-53)66-49)67-48-42(60)39(57)38(56)34(28-51)64-48/h12-13,15-16,32-36,38-49,51-54,56-62H,3-11,14,17-31H2,1-2H3,(H,50,55)/b13-12-,16-15-. The van der Waals surface area contributed by atoms with Crippen LogP contribution in [0.2, 0.25) is 0 Å². The maximum Gasteiger partial charge on any atom is 0.220 e. The number of carbonyl (C=O) groups is 1. The van der Waals surface area contributed by atoms with E-state index >= 15 is 0 Å². The summed E-state index contributed by atoms with van der Waals surface area (Å²) in [5, 5.41) is 119. The van der Waals surface area contributed by atoms with Crippen LogP contribution in [0.5, 0.6) is 0 Å². The molecule has 0 spiro atoms. The van der Waals surface area contributed by atoms with E-state index in [0.717, 1.165) is 83.5 Å². The lowest BCUT2D eigenvalue weighted by Crippen LogP contribution is -2.66. The average molecular weight is 980 g/mol. The number of hydrogen-bond donors (Lipinski definition) is 12. The highest BCUT2D eigenvalue weighted by Crippen LogP contribution is 2.33. The van der Waals surface area contributed by atoms with E-state index < -0.39 is 124 Å². The van der Waals surface area contributed by atoms with Crippen LogP contribution in [-0.2, 0) is 33.2 Å². The first-order valence-corrected chi connectivity index (χ1v) is 25.6. The van der Waals surface area contributed by atoms with E-state index in [1.54, 1.807) is 0 Å². The molecule has 3 aliphatic rings. The third kappa shape index (κ3) is 20.4. The lowest BCUT2D eigenvalue weighted by molar-refractivity contribution is -0.379. The van der Waals surface area contributed by atoms with Crippen LogP contribution in [0, 0.1) is 0 Å². The number of rotatable bonds is 35. The Morgan fingerprint density at radius 3 is 1.51 bits per heavy atom. The number of carbonyl (C=O) groups excluding carboxylic acids is 1. The number of ether oxygens (including phenoxy) is 6. The molecule has 3 aliphatic heterocycles. The van der Waals surface area contributed by atoms with Crippen molar-refractivity contribution >= 4 is 5.91 Å². The summed E-state index contributed by atoms with van der Waals surface area (Å²) in [6, 6.07) is -0.888. The molecule has 3 fully saturated rings. The molecule has 68 heavy (non-hydrogen) atoms. The Bertz CT molecular complexity index is 1360. The van der Waals surface area contributed by atoms with Gasteiger partial charge >= 0.3 is 0 Å². The minimum atomic E-state index is -1.97. The molecule has 0 bridgehead atoms. The first-order valence-electron chi connectivity index (χ1n) is 25.6. The van der Waals surface area contributed by atoms with E-state index in [1.165, 1.54) is 32.1 Å². The number of amides is 1. The molecule has 0 aromatic rings. The smallest absolute Gasteiger partial charge is 0.220 e. The molecule has 3 heterocycles. The second-order valence-electron chi connectivity index (χ2n) is 18.6. The van der Waals surface area contributed by atoms with Gasteiger partial charge in [-0.3, -0.25) is 4.79 Å². The van der Waals surface area contributed by atoms with Gasteiger partial charge in [0.25, 0.3) is 0 Å². The van der Waals surface area contributed by atoms with Gasteiger partial charge in [-0.25, -0.2) is 0 Å². The van der Waals surface area contributed by atoms with Crippen molar-refractivity contribution in [3.63, 3.8) is 0 Å². The van der Waals surface area contributed by atoms with Crippen LogP contribution in [0.4, 0.5) is 0 Å². The van der Waals surface area contributed by atoms with Crippen molar-refractivity contribution in [2.75, 3.05) is 26.4 Å². The highest BCUT2D eigenvalue weighted by Gasteiger charge is 2.53. The largest absolute Gasteiger partial charge is 0.394 e. The third-order valence-corrected chi connectivity index (χ3v) is 13.0. The Hall–Kier alpha value is -1.73. The molecule has 0 aromatic heterocycles. The van der Waals surface area contributed by atoms with Crippen molar-refractivity contribution in [1.82, 2.24) is 5.32 Å². The van der Waals surface area contributed by atoms with Gasteiger partial charge in [0.1, 0.15) is 73.2 Å². The van der Waals surface area contributed by atoms with Crippen molar-refractivity contribution in [1.29, 1.82) is 0 Å². The Balaban J connectivity index is 1.53. The van der Waals surface area contributed by atoms with Crippen molar-refractivity contribution in [2.45, 2.75) is 253 Å². The second kappa shape index (κ2) is 34.6. The van der Waals surface area contributed by atoms with E-state index in [9.17, 15) is 61.0 Å². The molecule has 398 valence electrons. The number of aliphatic hydroxyl groups is 11. The minimum Gasteiger partial charge on any atom is -0.394 e. The predicted molar refractivity (Wildman–Crippen MR) is 250 cm³/mol. The molecule has 3 rings (SSSR count). The lowest BCUT2D eigenvalue weighted by atomic mass is 9.96. The van der Waals surface area contributed by atoms with E-state index in [-0.39, 0.29) is 18.9 Å². The molecule has 3 saturated heterocycles. The molecule has 17 atom stereocenters. The SMILES string of the molecule is CCCCCC/C=C\C/C=C\CCCCCCCC(=O)NC(COC1OC(CO)C(OC2OC(CO)C(OC3OC(CO)C(O)C(O)C3O)C(O)C2O)C(O)C1O)C(O)CCCCCCCCC. The van der Waals surface area contributed by atoms with Crippen LogP contribution in [0.25, 0.3) is 0 Å². The fourth-order valence-corrected chi connectivity index (χ4v) is 8.69. The Kier molecular flexibility index (Phi) is 30.8. The average Bonchev–Trinajstić information content (AvgIpc) is 3.33. The van der Waals surface area contributed by atoms with Crippen LogP contribution in [0.1, 0.15) is 149 Å². The van der Waals surface area contributed by atoms with Gasteiger partial charge in [0.2, 0.25) is 5.91 Å². The summed E-state index contributed by atoms with van der Waals surface area (Å²) in [6.45, 7) is 1.66. The summed E-state index contributed by atoms with van der Waals surface area (Å²) in [7, 11) is 0. The van der Waals surface area contributed by atoms with Gasteiger partial charge in [0.15, 0.2) is 18.9 Å². The van der Waals surface area contributed by atoms with E-state index in [2.05, 4.69) is 43.5 Å². The number of unbranched alkanes of at least 4 members (excludes halogenated alkanes) is 15. The summed E-state index contributed by atoms with van der Waals surface area (Å²) >= 11 is 0. The summed E-state index contributed by atoms with van der Waals surface area (Å²) in [4.78, 5) is 13.2. The highest BCUT2D eigenvalue weighted by atomic mass is 16.8. The molecule has 19 nitrogen and oxygen atoms in total. The number of hydrogen-bond acceptors (Lipinski definition) is 18. The summed E-state index contributed by atoms with van der Waals surface area (Å²) in [5.74, 6) is -0.263. The fraction of sp³-hybridized carbons (Fsp3) is 0.898. The topological polar surface area (TPSA) is 307 Å². The van der Waals surface area contributed by atoms with Crippen molar-refractivity contribution < 1.29 is 89.4 Å². The molecule has 19 heteroatoms. The van der Waals surface area contributed by atoms with E-state index in [0.29, 0.717) is 12.8 Å². The maximum atomic E-state index is 13.2. The van der Waals surface area contributed by atoms with Gasteiger partial charge in [-0.05, 0) is 44.9 Å². The fourth-order valence-electron chi connectivity index (χ4n) is 8.69. The molecule has 17 unspecified atom stereocenters. The van der Waals surface area contributed by atoms with Crippen molar-refractivity contribution in [2.24, 2.45) is 0 Å². The highest BCUT2D eigenvalue weighted by molar-refractivity contribution is 5.76. The summed E-state index contributed by atoms with van der Waals surface area (Å²) < 4.78 is 34.1. The van der Waals surface area contributed by atoms with Crippen molar-refractivity contribution in [3.05, 3.63) is 24.3 Å². The van der Waals surface area contributed by atoms with Gasteiger partial charge in [-0.1, -0.05) is 122 Å². The van der Waals surface area contributed by atoms with E-state index in [4.69, 9.17) is 28.4 Å². The summed E-state index contributed by atoms with van der Waals surface area (Å²) in [5.41, 5.74) is 0. The summed E-state index contributed by atoms with van der Waals surface area (Å²) in [6.07, 6.45) is 3.19. The minimum absolute atomic E-state index is 0.250. The van der Waals surface area contributed by atoms with E-state index in [1.807, 2.05) is 0 Å². The van der Waals surface area contributed by atoms with Crippen LogP contribution in [0.3, 0.4) is 0 Å². The van der Waals surface area contributed by atoms with Crippen LogP contribution in [-0.4, -0.2) is 193 Å². The zero-order valence-electron chi connectivity index (χ0n) is 40.6. The molecule has 0 radical (unpaired) electrons. The zero-order chi connectivity index (χ0) is 49.8. The molecular weight excluding hydrogens is 891 g/mol. The van der Waals surface area contributed by atoms with Gasteiger partial charge in [0.05, 0.1) is 38.6 Å². The molecule has 0 saturated carbocycles. The van der Waals surface area contributed by atoms with Crippen molar-refractivity contribution in [3.8, 4) is 0 Å². The number of nitrogens with one attached hydrogen (secondary N) is 1. The van der Waals surface area contributed by atoms with Gasteiger partial charge in [-0.2, -0.15) is 0 Å². The quantitative estimate of drug-likeness (QED) is 0.0317. The first kappa shape index (κ1) is 60.6. The van der Waals surface area contributed by atoms with Crippen LogP contribution >= 0.6 is 0 Å². The van der Waals surface area contributed by atoms with Gasteiger partial charge in [0, 0.05) is 6.42 Å². The van der Waals surface area contributed by atoms with Crippen LogP contribution < -0.4 is 5.32 Å². The molecular formula is C49H89NO18. The predicted octanol–water partition coefficient (Wildman–Crippen LogP) is 1.64. The molecule has 0 aliphatic carbocycles. The molecule has 12 N–H and O–H groups in total. The second-order valence-corrected chi connectivity index (χ2v) is 18.6. The third-order valence-electron chi connectivity index (χ3n) is 13.0. The maximum absolute atomic E-state index is 13.2. The first-order chi connectivity index (χ1) is 32.8. The Morgan fingerprint density at radius 1 is 0.529 bits per heavy atom. The Labute approximate surface area is 403 Å². The van der Waals surface area contributed by atoms with Gasteiger partial charge < -0.3 is 89.9 Å². The normalized spacial score (nSPS) is 33.3. The zero-order valence-corrected chi connectivity index (χ0v) is 40.6. The van der Waals surface area contributed by atoms with Gasteiger partial charge in [-0.15, -0.1) is 0 Å². The molecule has 0 aromatic carbocycles. The number of allylic oxidation sites excluding steroid dienone is 4. The monoisotopic (exact) mass is 980 g/mol. The number of aliphatic hydroxyl groups excluding tert-OH is 11. The Morgan fingerprint density at radius 2 is 0.971 bits per heavy atom. The lowest BCUT2D eigenvalue weighted by Gasteiger charge is -2.48.